The fourth-order valence-corrected chi connectivity index (χ4v) is 1.05. The zero-order valence-electron chi connectivity index (χ0n) is 7.83. The Morgan fingerprint density at radius 1 is 1.43 bits per heavy atom. The molecule has 0 fully saturated rings. The number of ether oxygens (including phenoxy) is 2. The van der Waals surface area contributed by atoms with Crippen molar-refractivity contribution in [2.75, 3.05) is 20.0 Å². The van der Waals surface area contributed by atoms with Crippen LogP contribution in [0.2, 0.25) is 0 Å². The Bertz CT molecular complexity index is 365. The van der Waals surface area contributed by atoms with Crippen LogP contribution in [-0.2, 0) is 4.74 Å². The molecule has 1 aromatic rings. The highest BCUT2D eigenvalue weighted by Crippen LogP contribution is 2.27. The summed E-state index contributed by atoms with van der Waals surface area (Å²) in [6, 6.07) is 2.63. The van der Waals surface area contributed by atoms with Crippen LogP contribution in [0, 0.1) is 5.82 Å². The Balaban J connectivity index is 3.28. The third kappa shape index (κ3) is 1.61. The molecule has 0 saturated heterocycles. The van der Waals surface area contributed by atoms with E-state index >= 15 is 0 Å². The van der Waals surface area contributed by atoms with Gasteiger partial charge in [0, 0.05) is 0 Å². The molecule has 0 bridgehead atoms. The van der Waals surface area contributed by atoms with Gasteiger partial charge in [0.25, 0.3) is 0 Å². The van der Waals surface area contributed by atoms with Gasteiger partial charge in [-0.05, 0) is 12.1 Å². The molecular weight excluding hydrogens is 189 g/mol. The lowest BCUT2D eigenvalue weighted by Crippen LogP contribution is -2.07. The molecule has 0 heterocycles. The molecule has 0 unspecified atom stereocenters. The smallest absolute Gasteiger partial charge is 0.340 e. The lowest BCUT2D eigenvalue weighted by molar-refractivity contribution is 0.0594. The summed E-state index contributed by atoms with van der Waals surface area (Å²) in [7, 11) is 2.44. The predicted molar refractivity (Wildman–Crippen MR) is 48.7 cm³/mol. The topological polar surface area (TPSA) is 61.5 Å². The van der Waals surface area contributed by atoms with Gasteiger partial charge in [0.15, 0.2) is 11.6 Å². The number of benzene rings is 1. The standard InChI is InChI=1S/C9H10FNO3/c1-13-8-6(11)4-3-5(7(8)10)9(12)14-2/h3-4H,11H2,1-2H3. The number of carbonyl (C=O) groups excluding carboxylic acids is 1. The summed E-state index contributed by atoms with van der Waals surface area (Å²) in [5, 5.41) is 0. The number of rotatable bonds is 2. The van der Waals surface area contributed by atoms with Crippen LogP contribution in [0.1, 0.15) is 10.4 Å². The maximum Gasteiger partial charge on any atom is 0.340 e. The number of hydrogen-bond donors (Lipinski definition) is 1. The Kier molecular flexibility index (Phi) is 2.91. The molecule has 0 aliphatic carbocycles. The van der Waals surface area contributed by atoms with Crippen molar-refractivity contribution < 1.29 is 18.7 Å². The van der Waals surface area contributed by atoms with Gasteiger partial charge in [0.05, 0.1) is 25.5 Å². The van der Waals surface area contributed by atoms with Crippen molar-refractivity contribution in [3.63, 3.8) is 0 Å². The maximum absolute atomic E-state index is 13.5. The zero-order chi connectivity index (χ0) is 10.7. The van der Waals surface area contributed by atoms with E-state index in [1.165, 1.54) is 26.4 Å². The number of methoxy groups -OCH3 is 2. The Labute approximate surface area is 80.4 Å². The number of halogens is 1. The zero-order valence-corrected chi connectivity index (χ0v) is 7.83. The van der Waals surface area contributed by atoms with Gasteiger partial charge < -0.3 is 15.2 Å². The summed E-state index contributed by atoms with van der Waals surface area (Å²) >= 11 is 0. The Morgan fingerprint density at radius 2 is 2.07 bits per heavy atom. The largest absolute Gasteiger partial charge is 0.492 e. The first-order chi connectivity index (χ1) is 6.61. The van der Waals surface area contributed by atoms with E-state index in [1.54, 1.807) is 0 Å². The van der Waals surface area contributed by atoms with Crippen molar-refractivity contribution in [3.05, 3.63) is 23.5 Å². The summed E-state index contributed by atoms with van der Waals surface area (Å²) in [5.74, 6) is -1.71. The van der Waals surface area contributed by atoms with E-state index < -0.39 is 11.8 Å². The van der Waals surface area contributed by atoms with E-state index in [4.69, 9.17) is 10.5 Å². The quantitative estimate of drug-likeness (QED) is 0.574. The summed E-state index contributed by atoms with van der Waals surface area (Å²) in [6.45, 7) is 0. The summed E-state index contributed by atoms with van der Waals surface area (Å²) in [5.41, 5.74) is 5.37. The van der Waals surface area contributed by atoms with Gasteiger partial charge in [-0.2, -0.15) is 0 Å². The van der Waals surface area contributed by atoms with Crippen molar-refractivity contribution in [3.8, 4) is 5.75 Å². The highest BCUT2D eigenvalue weighted by molar-refractivity contribution is 5.91. The monoisotopic (exact) mass is 199 g/mol. The van der Waals surface area contributed by atoms with E-state index in [0.717, 1.165) is 0 Å². The summed E-state index contributed by atoms with van der Waals surface area (Å²) in [6.07, 6.45) is 0. The molecule has 0 atom stereocenters. The normalized spacial score (nSPS) is 9.64. The summed E-state index contributed by atoms with van der Waals surface area (Å²) in [4.78, 5) is 11.1. The Morgan fingerprint density at radius 3 is 2.57 bits per heavy atom. The number of carbonyl (C=O) groups is 1. The molecule has 0 radical (unpaired) electrons. The van der Waals surface area contributed by atoms with E-state index in [9.17, 15) is 9.18 Å². The summed E-state index contributed by atoms with van der Waals surface area (Å²) < 4.78 is 22.5. The number of esters is 1. The van der Waals surface area contributed by atoms with Crippen LogP contribution >= 0.6 is 0 Å². The number of nitrogen functional groups attached to an aromatic ring is 1. The van der Waals surface area contributed by atoms with Crippen molar-refractivity contribution in [2.45, 2.75) is 0 Å². The third-order valence-electron chi connectivity index (χ3n) is 1.74. The molecule has 0 aliphatic rings. The second kappa shape index (κ2) is 3.95. The first kappa shape index (κ1) is 10.3. The van der Waals surface area contributed by atoms with Crippen molar-refractivity contribution in [1.29, 1.82) is 0 Å². The molecule has 2 N–H and O–H groups in total. The molecule has 1 aromatic carbocycles. The highest BCUT2D eigenvalue weighted by Gasteiger charge is 2.18. The minimum atomic E-state index is -0.806. The molecule has 0 aliphatic heterocycles. The van der Waals surface area contributed by atoms with Crippen molar-refractivity contribution in [2.24, 2.45) is 0 Å². The lowest BCUT2D eigenvalue weighted by atomic mass is 10.2. The third-order valence-corrected chi connectivity index (χ3v) is 1.74. The van der Waals surface area contributed by atoms with Gasteiger partial charge >= 0.3 is 5.97 Å². The minimum absolute atomic E-state index is 0.137. The molecule has 14 heavy (non-hydrogen) atoms. The van der Waals surface area contributed by atoms with Crippen LogP contribution in [0.25, 0.3) is 0 Å². The fraction of sp³-hybridized carbons (Fsp3) is 0.222. The van der Waals surface area contributed by atoms with Crippen LogP contribution < -0.4 is 10.5 Å². The number of hydrogen-bond acceptors (Lipinski definition) is 4. The molecule has 1 rings (SSSR count). The van der Waals surface area contributed by atoms with Crippen molar-refractivity contribution >= 4 is 11.7 Å². The van der Waals surface area contributed by atoms with E-state index in [1.807, 2.05) is 0 Å². The van der Waals surface area contributed by atoms with Crippen molar-refractivity contribution in [1.82, 2.24) is 0 Å². The van der Waals surface area contributed by atoms with E-state index in [2.05, 4.69) is 4.74 Å². The second-order valence-corrected chi connectivity index (χ2v) is 2.54. The van der Waals surface area contributed by atoms with Crippen LogP contribution in [0.3, 0.4) is 0 Å². The second-order valence-electron chi connectivity index (χ2n) is 2.54. The van der Waals surface area contributed by atoms with Crippen LogP contribution in [-0.4, -0.2) is 20.2 Å². The minimum Gasteiger partial charge on any atom is -0.492 e. The fourth-order valence-electron chi connectivity index (χ4n) is 1.05. The van der Waals surface area contributed by atoms with Gasteiger partial charge in [-0.25, -0.2) is 9.18 Å². The first-order valence-corrected chi connectivity index (χ1v) is 3.82. The molecule has 5 heteroatoms. The van der Waals surface area contributed by atoms with Crippen LogP contribution in [0.5, 0.6) is 5.75 Å². The van der Waals surface area contributed by atoms with Gasteiger partial charge in [-0.1, -0.05) is 0 Å². The first-order valence-electron chi connectivity index (χ1n) is 3.82. The molecule has 0 saturated carbocycles. The molecule has 4 nitrogen and oxygen atoms in total. The predicted octanol–water partition coefficient (Wildman–Crippen LogP) is 1.20. The maximum atomic E-state index is 13.5. The number of anilines is 1. The average molecular weight is 199 g/mol. The molecule has 0 amide bonds. The van der Waals surface area contributed by atoms with Gasteiger partial charge in [0.2, 0.25) is 0 Å². The average Bonchev–Trinajstić information content (AvgIpc) is 2.18. The van der Waals surface area contributed by atoms with E-state index in [-0.39, 0.29) is 17.0 Å². The van der Waals surface area contributed by atoms with Crippen LogP contribution in [0.15, 0.2) is 12.1 Å². The molecule has 0 spiro atoms. The molecule has 0 aromatic heterocycles. The van der Waals surface area contributed by atoms with Crippen LogP contribution in [0.4, 0.5) is 10.1 Å². The van der Waals surface area contributed by atoms with E-state index in [0.29, 0.717) is 0 Å². The molecular formula is C9H10FNO3. The molecule has 76 valence electrons. The van der Waals surface area contributed by atoms with Gasteiger partial charge in [-0.15, -0.1) is 0 Å². The Hall–Kier alpha value is -1.78. The SMILES string of the molecule is COC(=O)c1ccc(N)c(OC)c1F. The lowest BCUT2D eigenvalue weighted by Gasteiger charge is -2.08. The van der Waals surface area contributed by atoms with Gasteiger partial charge in [-0.3, -0.25) is 0 Å². The number of nitrogens with two attached hydrogens (primary N) is 1. The highest BCUT2D eigenvalue weighted by atomic mass is 19.1. The van der Waals surface area contributed by atoms with Gasteiger partial charge in [0.1, 0.15) is 0 Å².